The van der Waals surface area contributed by atoms with Gasteiger partial charge in [0.05, 0.1) is 18.2 Å². The molecule has 0 radical (unpaired) electrons. The lowest BCUT2D eigenvalue weighted by Crippen LogP contribution is -2.46. The molecule has 1 unspecified atom stereocenters. The van der Waals surface area contributed by atoms with Crippen molar-refractivity contribution in [2.75, 3.05) is 19.0 Å². The molecule has 2 aliphatic rings. The third-order valence-corrected chi connectivity index (χ3v) is 6.21. The van der Waals surface area contributed by atoms with Crippen LogP contribution in [-0.4, -0.2) is 53.5 Å². The van der Waals surface area contributed by atoms with E-state index in [1.54, 1.807) is 29.7 Å². The van der Waals surface area contributed by atoms with E-state index in [9.17, 15) is 19.2 Å². The molecule has 33 heavy (non-hydrogen) atoms. The number of aryl methyl sites for hydroxylation is 1. The second-order valence-electron chi connectivity index (χ2n) is 8.19. The molecule has 3 amide bonds. The normalized spacial score (nSPS) is 17.3. The van der Waals surface area contributed by atoms with Gasteiger partial charge in [0.15, 0.2) is 0 Å². The standard InChI is InChI=1S/C24H25N3O6/c1-33-24(31)20(27-22(29)16-6-2-3-7-17(16)23(27)30)12-15-13-25-19-10-9-14(11-18(15)19)5-4-8-21(28)26-32/h2-3,6-7,9-11,15,20,25,32H,4-5,8,12-13H2,1H3,(H,26,28)/t15?,20-/m0/s1. The van der Waals surface area contributed by atoms with E-state index in [1.807, 2.05) is 18.2 Å². The third-order valence-electron chi connectivity index (χ3n) is 6.21. The number of nitrogens with one attached hydrogen (secondary N) is 2. The smallest absolute Gasteiger partial charge is 0.329 e. The lowest BCUT2D eigenvalue weighted by atomic mass is 9.91. The fraction of sp³-hybridized carbons (Fsp3) is 0.333. The molecule has 2 atom stereocenters. The van der Waals surface area contributed by atoms with E-state index in [1.165, 1.54) is 7.11 Å². The molecule has 2 heterocycles. The van der Waals surface area contributed by atoms with E-state index in [0.29, 0.717) is 19.4 Å². The van der Waals surface area contributed by atoms with Crippen molar-refractivity contribution in [2.24, 2.45) is 0 Å². The van der Waals surface area contributed by atoms with E-state index in [-0.39, 0.29) is 29.9 Å². The van der Waals surface area contributed by atoms with Crippen molar-refractivity contribution in [1.29, 1.82) is 0 Å². The summed E-state index contributed by atoms with van der Waals surface area (Å²) in [6.07, 6.45) is 1.66. The van der Waals surface area contributed by atoms with Crippen LogP contribution in [0, 0.1) is 0 Å². The number of carbonyl (C=O) groups is 4. The quantitative estimate of drug-likeness (QED) is 0.243. The summed E-state index contributed by atoms with van der Waals surface area (Å²) >= 11 is 0. The number of nitrogens with zero attached hydrogens (tertiary/aromatic N) is 1. The number of esters is 1. The molecule has 2 aliphatic heterocycles. The summed E-state index contributed by atoms with van der Waals surface area (Å²) in [7, 11) is 1.25. The second-order valence-corrected chi connectivity index (χ2v) is 8.19. The first-order valence-corrected chi connectivity index (χ1v) is 10.8. The van der Waals surface area contributed by atoms with Crippen LogP contribution >= 0.6 is 0 Å². The molecule has 9 heteroatoms. The Kier molecular flexibility index (Phi) is 6.41. The van der Waals surface area contributed by atoms with Gasteiger partial charge in [0.2, 0.25) is 5.91 Å². The van der Waals surface area contributed by atoms with Crippen LogP contribution in [0.25, 0.3) is 0 Å². The number of fused-ring (bicyclic) bond motifs is 2. The average Bonchev–Trinajstić information content (AvgIpc) is 3.35. The van der Waals surface area contributed by atoms with Gasteiger partial charge in [-0.2, -0.15) is 0 Å². The Morgan fingerprint density at radius 3 is 2.52 bits per heavy atom. The largest absolute Gasteiger partial charge is 0.467 e. The highest BCUT2D eigenvalue weighted by Crippen LogP contribution is 2.37. The first-order chi connectivity index (χ1) is 15.9. The van der Waals surface area contributed by atoms with Crippen molar-refractivity contribution in [3.8, 4) is 0 Å². The number of methoxy groups -OCH3 is 1. The van der Waals surface area contributed by atoms with Gasteiger partial charge in [0, 0.05) is 24.6 Å². The lowest BCUT2D eigenvalue weighted by Gasteiger charge is -2.26. The van der Waals surface area contributed by atoms with Crippen LogP contribution in [0.5, 0.6) is 0 Å². The molecular weight excluding hydrogens is 426 g/mol. The second kappa shape index (κ2) is 9.41. The van der Waals surface area contributed by atoms with Gasteiger partial charge in [-0.3, -0.25) is 24.5 Å². The molecule has 0 aromatic heterocycles. The molecule has 0 saturated carbocycles. The molecule has 3 N–H and O–H groups in total. The van der Waals surface area contributed by atoms with E-state index >= 15 is 0 Å². The molecule has 9 nitrogen and oxygen atoms in total. The van der Waals surface area contributed by atoms with E-state index < -0.39 is 29.7 Å². The van der Waals surface area contributed by atoms with Crippen molar-refractivity contribution in [1.82, 2.24) is 10.4 Å². The van der Waals surface area contributed by atoms with Crippen LogP contribution in [0.1, 0.15) is 57.0 Å². The lowest BCUT2D eigenvalue weighted by molar-refractivity contribution is -0.145. The Hall–Kier alpha value is -3.72. The minimum atomic E-state index is -1.04. The summed E-state index contributed by atoms with van der Waals surface area (Å²) in [5, 5.41) is 11.9. The monoisotopic (exact) mass is 451 g/mol. The van der Waals surface area contributed by atoms with Gasteiger partial charge in [0.1, 0.15) is 6.04 Å². The van der Waals surface area contributed by atoms with Gasteiger partial charge in [-0.1, -0.05) is 24.3 Å². The summed E-state index contributed by atoms with van der Waals surface area (Å²) in [6.45, 7) is 0.558. The number of anilines is 1. The third kappa shape index (κ3) is 4.31. The van der Waals surface area contributed by atoms with Crippen molar-refractivity contribution in [3.63, 3.8) is 0 Å². The number of amides is 3. The van der Waals surface area contributed by atoms with E-state index in [2.05, 4.69) is 5.32 Å². The molecule has 0 aliphatic carbocycles. The van der Waals surface area contributed by atoms with Crippen LogP contribution in [0.2, 0.25) is 0 Å². The molecule has 0 bridgehead atoms. The number of hydrogen-bond donors (Lipinski definition) is 3. The van der Waals surface area contributed by atoms with Crippen molar-refractivity contribution in [2.45, 2.75) is 37.6 Å². The molecule has 0 fully saturated rings. The highest BCUT2D eigenvalue weighted by atomic mass is 16.5. The molecular formula is C24H25N3O6. The van der Waals surface area contributed by atoms with Crippen LogP contribution in [0.4, 0.5) is 5.69 Å². The van der Waals surface area contributed by atoms with Gasteiger partial charge in [-0.15, -0.1) is 0 Å². The number of hydrogen-bond acceptors (Lipinski definition) is 7. The number of benzene rings is 2. The van der Waals surface area contributed by atoms with Gasteiger partial charge >= 0.3 is 5.97 Å². The van der Waals surface area contributed by atoms with Crippen molar-refractivity contribution < 1.29 is 29.1 Å². The zero-order chi connectivity index (χ0) is 23.5. The number of hydroxylamine groups is 1. The highest BCUT2D eigenvalue weighted by molar-refractivity contribution is 6.22. The Labute approximate surface area is 190 Å². The number of ether oxygens (including phenoxy) is 1. The van der Waals surface area contributed by atoms with E-state index in [4.69, 9.17) is 9.94 Å². The molecule has 2 aromatic carbocycles. The fourth-order valence-corrected chi connectivity index (χ4v) is 4.53. The first-order valence-electron chi connectivity index (χ1n) is 10.8. The molecule has 4 rings (SSSR count). The van der Waals surface area contributed by atoms with Gasteiger partial charge in [-0.05, 0) is 48.6 Å². The van der Waals surface area contributed by atoms with Crippen molar-refractivity contribution >= 4 is 29.4 Å². The summed E-state index contributed by atoms with van der Waals surface area (Å²) in [4.78, 5) is 50.9. The van der Waals surface area contributed by atoms with Gasteiger partial charge in [0.25, 0.3) is 11.8 Å². The SMILES string of the molecule is COC(=O)[C@H](CC1CNc2ccc(CCCC(=O)NO)cc21)N1C(=O)c2ccccc2C1=O. The van der Waals surface area contributed by atoms with Gasteiger partial charge < -0.3 is 10.1 Å². The van der Waals surface area contributed by atoms with Crippen LogP contribution in [-0.2, 0) is 20.7 Å². The van der Waals surface area contributed by atoms with Gasteiger partial charge in [-0.25, -0.2) is 10.3 Å². The predicted molar refractivity (Wildman–Crippen MR) is 118 cm³/mol. The summed E-state index contributed by atoms with van der Waals surface area (Å²) in [5.41, 5.74) is 5.14. The maximum Gasteiger partial charge on any atom is 0.329 e. The Morgan fingerprint density at radius 2 is 1.88 bits per heavy atom. The van der Waals surface area contributed by atoms with Crippen LogP contribution < -0.4 is 10.8 Å². The highest BCUT2D eigenvalue weighted by Gasteiger charge is 2.44. The van der Waals surface area contributed by atoms with Crippen LogP contribution in [0.3, 0.4) is 0 Å². The average molecular weight is 451 g/mol. The molecule has 0 spiro atoms. The maximum absolute atomic E-state index is 13.0. The number of imide groups is 1. The Balaban J connectivity index is 1.54. The molecule has 172 valence electrons. The predicted octanol–water partition coefficient (Wildman–Crippen LogP) is 2.25. The molecule has 0 saturated heterocycles. The minimum Gasteiger partial charge on any atom is -0.467 e. The fourth-order valence-electron chi connectivity index (χ4n) is 4.53. The Morgan fingerprint density at radius 1 is 1.18 bits per heavy atom. The topological polar surface area (TPSA) is 125 Å². The first kappa shape index (κ1) is 22.5. The zero-order valence-electron chi connectivity index (χ0n) is 18.2. The Bertz CT molecular complexity index is 1080. The summed E-state index contributed by atoms with van der Waals surface area (Å²) in [5.74, 6) is -2.17. The van der Waals surface area contributed by atoms with E-state index in [0.717, 1.165) is 21.7 Å². The summed E-state index contributed by atoms with van der Waals surface area (Å²) < 4.78 is 4.96. The number of carbonyl (C=O) groups excluding carboxylic acids is 4. The maximum atomic E-state index is 13.0. The minimum absolute atomic E-state index is 0.117. The number of rotatable bonds is 8. The molecule has 2 aromatic rings. The zero-order valence-corrected chi connectivity index (χ0v) is 18.2. The summed E-state index contributed by atoms with van der Waals surface area (Å²) in [6, 6.07) is 11.4. The van der Waals surface area contributed by atoms with Crippen molar-refractivity contribution in [3.05, 3.63) is 64.7 Å². The van der Waals surface area contributed by atoms with Crippen LogP contribution in [0.15, 0.2) is 42.5 Å².